The van der Waals surface area contributed by atoms with Gasteiger partial charge < -0.3 is 9.94 Å². The van der Waals surface area contributed by atoms with E-state index in [-0.39, 0.29) is 4.90 Å². The fourth-order valence-corrected chi connectivity index (χ4v) is 2.17. The number of hydrogen-bond donors (Lipinski definition) is 2. The highest BCUT2D eigenvalue weighted by atomic mass is 32.2. The van der Waals surface area contributed by atoms with Crippen LogP contribution in [0.1, 0.15) is 12.5 Å². The molecule has 2 rings (SSSR count). The molecule has 7 heteroatoms. The molecule has 0 saturated heterocycles. The molecule has 1 aliphatic heterocycles. The fraction of sp³-hybridized carbons (Fsp3) is 0.273. The Balaban J connectivity index is 2.34. The van der Waals surface area contributed by atoms with Crippen molar-refractivity contribution in [3.8, 4) is 0 Å². The summed E-state index contributed by atoms with van der Waals surface area (Å²) in [5, 5.41) is 10.9. The van der Waals surface area contributed by atoms with Crippen LogP contribution in [0.5, 0.6) is 0 Å². The van der Waals surface area contributed by atoms with Crippen molar-refractivity contribution in [2.24, 2.45) is 0 Å². The molecule has 2 N–H and O–H groups in total. The molecule has 1 aliphatic rings. The zero-order chi connectivity index (χ0) is 13.3. The third-order valence-corrected chi connectivity index (χ3v) is 3.39. The van der Waals surface area contributed by atoms with E-state index in [2.05, 4.69) is 0 Å². The van der Waals surface area contributed by atoms with Gasteiger partial charge in [0.25, 0.3) is 10.1 Å². The molecule has 1 aromatic carbocycles. The van der Waals surface area contributed by atoms with Crippen molar-refractivity contribution >= 4 is 15.9 Å². The number of hydrogen-bond acceptors (Lipinski definition) is 5. The van der Waals surface area contributed by atoms with Gasteiger partial charge >= 0.3 is 0 Å². The van der Waals surface area contributed by atoms with E-state index in [0.717, 1.165) is 0 Å². The van der Waals surface area contributed by atoms with Crippen LogP contribution < -0.4 is 0 Å². The van der Waals surface area contributed by atoms with E-state index in [1.807, 2.05) is 6.92 Å². The van der Waals surface area contributed by atoms with Crippen LogP contribution >= 0.6 is 0 Å². The zero-order valence-corrected chi connectivity index (χ0v) is 10.5. The quantitative estimate of drug-likeness (QED) is 0.793. The van der Waals surface area contributed by atoms with Gasteiger partial charge in [0.15, 0.2) is 12.0 Å². The first-order chi connectivity index (χ1) is 8.41. The lowest BCUT2D eigenvalue weighted by Crippen LogP contribution is -2.27. The van der Waals surface area contributed by atoms with Crippen molar-refractivity contribution in [1.29, 1.82) is 0 Å². The van der Waals surface area contributed by atoms with Crippen molar-refractivity contribution in [3.63, 3.8) is 0 Å². The maximum atomic E-state index is 11.0. The van der Waals surface area contributed by atoms with Gasteiger partial charge in [-0.15, -0.1) is 5.06 Å². The molecular formula is C11H13NO5S. The number of hydroxylamine groups is 2. The largest absolute Gasteiger partial charge is 0.403 e. The Labute approximate surface area is 105 Å². The summed E-state index contributed by atoms with van der Waals surface area (Å²) in [7, 11) is -4.25. The first kappa shape index (κ1) is 13.0. The third-order valence-electron chi connectivity index (χ3n) is 2.54. The van der Waals surface area contributed by atoms with Gasteiger partial charge in [-0.05, 0) is 19.1 Å². The normalized spacial score (nSPS) is 20.6. The van der Waals surface area contributed by atoms with E-state index < -0.39 is 16.3 Å². The summed E-state index contributed by atoms with van der Waals surface area (Å²) in [6.07, 6.45) is 0.603. The van der Waals surface area contributed by atoms with Crippen molar-refractivity contribution in [3.05, 3.63) is 35.9 Å². The summed E-state index contributed by atoms with van der Waals surface area (Å²) < 4.78 is 31.0. The highest BCUT2D eigenvalue weighted by Crippen LogP contribution is 2.26. The third kappa shape index (κ3) is 2.54. The predicted octanol–water partition coefficient (Wildman–Crippen LogP) is 0.860. The first-order valence-electron chi connectivity index (χ1n) is 5.34. The molecule has 0 radical (unpaired) electrons. The summed E-state index contributed by atoms with van der Waals surface area (Å²) in [5.41, 5.74) is 0.472. The summed E-state index contributed by atoms with van der Waals surface area (Å²) in [6.45, 7) is 2.30. The van der Waals surface area contributed by atoms with Crippen LogP contribution in [0, 0.1) is 0 Å². The second kappa shape index (κ2) is 4.69. The molecule has 0 saturated carbocycles. The Bertz CT molecular complexity index is 581. The summed E-state index contributed by atoms with van der Waals surface area (Å²) in [6, 6.07) is 5.69. The summed E-state index contributed by atoms with van der Waals surface area (Å²) in [5.74, 6) is 0.356. The van der Waals surface area contributed by atoms with E-state index in [1.54, 1.807) is 6.07 Å². The van der Waals surface area contributed by atoms with Crippen molar-refractivity contribution in [2.75, 3.05) is 6.54 Å². The second-order valence-electron chi connectivity index (χ2n) is 3.77. The van der Waals surface area contributed by atoms with Crippen LogP contribution in [0.15, 0.2) is 35.2 Å². The van der Waals surface area contributed by atoms with Crippen LogP contribution in [-0.2, 0) is 15.0 Å². The Hall–Kier alpha value is -1.41. The standard InChI is InChI=1S/C11H13NO5S/c1-2-12-11(13)7-10(17-12)8-4-3-5-9(6-8)18(14,15)16/h3-7,11,13H,2H2,1H3,(H,14,15,16). The minimum atomic E-state index is -4.25. The number of aliphatic hydroxyl groups excluding tert-OH is 1. The minimum absolute atomic E-state index is 0.214. The van der Waals surface area contributed by atoms with Crippen molar-refractivity contribution in [1.82, 2.24) is 5.06 Å². The monoisotopic (exact) mass is 271 g/mol. The highest BCUT2D eigenvalue weighted by Gasteiger charge is 2.25. The van der Waals surface area contributed by atoms with E-state index in [9.17, 15) is 13.5 Å². The van der Waals surface area contributed by atoms with Crippen LogP contribution in [0.25, 0.3) is 5.76 Å². The van der Waals surface area contributed by atoms with E-state index in [0.29, 0.717) is 17.9 Å². The zero-order valence-electron chi connectivity index (χ0n) is 9.65. The molecule has 0 aromatic heterocycles. The molecule has 0 bridgehead atoms. The SMILES string of the molecule is CCN1OC(c2cccc(S(=O)(=O)O)c2)=CC1O. The van der Waals surface area contributed by atoms with Gasteiger partial charge in [0.05, 0.1) is 4.90 Å². The van der Waals surface area contributed by atoms with Gasteiger partial charge in [-0.2, -0.15) is 8.42 Å². The highest BCUT2D eigenvalue weighted by molar-refractivity contribution is 7.85. The molecule has 18 heavy (non-hydrogen) atoms. The Morgan fingerprint density at radius 2 is 2.17 bits per heavy atom. The van der Waals surface area contributed by atoms with E-state index in [1.165, 1.54) is 29.3 Å². The topological polar surface area (TPSA) is 87.1 Å². The van der Waals surface area contributed by atoms with Crippen molar-refractivity contribution in [2.45, 2.75) is 18.0 Å². The van der Waals surface area contributed by atoms with Gasteiger partial charge in [0.1, 0.15) is 0 Å². The first-order valence-corrected chi connectivity index (χ1v) is 6.78. The van der Waals surface area contributed by atoms with Crippen LogP contribution in [0.3, 0.4) is 0 Å². The number of benzene rings is 1. The lowest BCUT2D eigenvalue weighted by Gasteiger charge is -2.17. The van der Waals surface area contributed by atoms with Crippen LogP contribution in [0.4, 0.5) is 0 Å². The number of rotatable bonds is 3. The molecular weight excluding hydrogens is 258 g/mol. The molecule has 0 spiro atoms. The molecule has 0 aliphatic carbocycles. The van der Waals surface area contributed by atoms with Gasteiger partial charge in [-0.3, -0.25) is 4.55 Å². The number of aliphatic hydroxyl groups is 1. The second-order valence-corrected chi connectivity index (χ2v) is 5.19. The molecule has 0 amide bonds. The fourth-order valence-electron chi connectivity index (χ4n) is 1.64. The summed E-state index contributed by atoms with van der Waals surface area (Å²) in [4.78, 5) is 5.13. The van der Waals surface area contributed by atoms with Gasteiger partial charge in [0, 0.05) is 18.2 Å². The Morgan fingerprint density at radius 1 is 1.44 bits per heavy atom. The van der Waals surface area contributed by atoms with Gasteiger partial charge in [-0.25, -0.2) is 0 Å². The average Bonchev–Trinajstić information content (AvgIpc) is 2.70. The smallest absolute Gasteiger partial charge is 0.294 e. The number of nitrogens with zero attached hydrogens (tertiary/aromatic N) is 1. The Kier molecular flexibility index (Phi) is 3.40. The molecule has 1 atom stereocenters. The molecule has 1 aromatic rings. The van der Waals surface area contributed by atoms with E-state index >= 15 is 0 Å². The minimum Gasteiger partial charge on any atom is -0.403 e. The van der Waals surface area contributed by atoms with Gasteiger partial charge in [0.2, 0.25) is 0 Å². The van der Waals surface area contributed by atoms with Crippen molar-refractivity contribution < 1.29 is 22.9 Å². The maximum absolute atomic E-state index is 11.0. The summed E-state index contributed by atoms with van der Waals surface area (Å²) >= 11 is 0. The average molecular weight is 271 g/mol. The predicted molar refractivity (Wildman–Crippen MR) is 63.7 cm³/mol. The lowest BCUT2D eigenvalue weighted by atomic mass is 10.2. The van der Waals surface area contributed by atoms with E-state index in [4.69, 9.17) is 9.39 Å². The number of likely N-dealkylation sites (N-methyl/N-ethyl adjacent to an activating group) is 1. The van der Waals surface area contributed by atoms with Crippen LogP contribution in [0.2, 0.25) is 0 Å². The molecule has 1 unspecified atom stereocenters. The maximum Gasteiger partial charge on any atom is 0.294 e. The van der Waals surface area contributed by atoms with Crippen LogP contribution in [-0.4, -0.2) is 35.9 Å². The molecule has 98 valence electrons. The lowest BCUT2D eigenvalue weighted by molar-refractivity contribution is -0.148. The Morgan fingerprint density at radius 3 is 2.72 bits per heavy atom. The molecule has 6 nitrogen and oxygen atoms in total. The molecule has 1 heterocycles. The van der Waals surface area contributed by atoms with Gasteiger partial charge in [-0.1, -0.05) is 12.1 Å². The molecule has 0 fully saturated rings.